The molecule has 0 radical (unpaired) electrons. The minimum atomic E-state index is -0.772. The number of ether oxygens (including phenoxy) is 2. The van der Waals surface area contributed by atoms with Crippen LogP contribution >= 0.6 is 0 Å². The normalized spacial score (nSPS) is 23.5. The van der Waals surface area contributed by atoms with E-state index in [0.717, 1.165) is 16.7 Å². The van der Waals surface area contributed by atoms with E-state index in [1.54, 1.807) is 4.90 Å². The van der Waals surface area contributed by atoms with Crippen molar-refractivity contribution < 1.29 is 19.3 Å². The number of rotatable bonds is 5. The molecule has 9 heteroatoms. The third kappa shape index (κ3) is 4.59. The highest BCUT2D eigenvalue weighted by molar-refractivity contribution is 5.95. The van der Waals surface area contributed by atoms with E-state index in [0.29, 0.717) is 38.8 Å². The summed E-state index contributed by atoms with van der Waals surface area (Å²) in [6.07, 6.45) is -0.628. The number of amides is 1. The highest BCUT2D eigenvalue weighted by atomic mass is 16.7. The molecule has 0 N–H and O–H groups in total. The van der Waals surface area contributed by atoms with Gasteiger partial charge in [-0.15, -0.1) is 0 Å². The highest BCUT2D eigenvalue weighted by Gasteiger charge is 2.38. The number of benzene rings is 1. The summed E-state index contributed by atoms with van der Waals surface area (Å²) in [5, 5.41) is 13.7. The quantitative estimate of drug-likeness (QED) is 0.566. The number of hydrogen-bond acceptors (Lipinski definition) is 5. The van der Waals surface area contributed by atoms with Gasteiger partial charge in [0.05, 0.1) is 13.2 Å². The molecule has 2 atom stereocenters. The summed E-state index contributed by atoms with van der Waals surface area (Å²) in [7, 11) is 0. The number of guanidine groups is 1. The number of hydrazone groups is 1. The van der Waals surface area contributed by atoms with Gasteiger partial charge in [-0.1, -0.05) is 25.1 Å². The SMILES string of the molecule is Cc1ccc(COC(=O)N2CCN(CC3COCC3C)C2=N[N+](=O)[O-])cc1C. The molecule has 1 aromatic rings. The van der Waals surface area contributed by atoms with Gasteiger partial charge in [0.2, 0.25) is 0 Å². The van der Waals surface area contributed by atoms with E-state index in [2.05, 4.69) is 12.0 Å². The fourth-order valence-corrected chi connectivity index (χ4v) is 3.47. The van der Waals surface area contributed by atoms with Crippen LogP contribution in [0.4, 0.5) is 4.79 Å². The van der Waals surface area contributed by atoms with E-state index in [4.69, 9.17) is 9.47 Å². The molecule has 0 aliphatic carbocycles. The Hall–Kier alpha value is -2.68. The topological polar surface area (TPSA) is 97.5 Å². The summed E-state index contributed by atoms with van der Waals surface area (Å²) in [6.45, 7) is 8.85. The molecule has 9 nitrogen and oxygen atoms in total. The lowest BCUT2D eigenvalue weighted by Gasteiger charge is -2.23. The standard InChI is InChI=1S/C19H26N4O5/c1-13-4-5-16(8-14(13)2)11-28-19(24)22-7-6-21(18(22)20-23(25)26)9-17-12-27-10-15(17)3/h4-5,8,15,17H,6-7,9-12H2,1-3H3. The molecule has 2 aliphatic rings. The van der Waals surface area contributed by atoms with Crippen LogP contribution in [-0.2, 0) is 16.1 Å². The van der Waals surface area contributed by atoms with Gasteiger partial charge in [-0.25, -0.2) is 19.8 Å². The van der Waals surface area contributed by atoms with E-state index >= 15 is 0 Å². The van der Waals surface area contributed by atoms with Gasteiger partial charge in [0.15, 0.2) is 5.03 Å². The first kappa shape index (κ1) is 20.1. The number of aryl methyl sites for hydroxylation is 2. The molecule has 0 aromatic heterocycles. The largest absolute Gasteiger partial charge is 0.444 e. The van der Waals surface area contributed by atoms with Gasteiger partial charge < -0.3 is 14.4 Å². The summed E-state index contributed by atoms with van der Waals surface area (Å²) < 4.78 is 10.9. The van der Waals surface area contributed by atoms with Crippen LogP contribution in [0.15, 0.2) is 23.3 Å². The zero-order chi connectivity index (χ0) is 20.3. The van der Waals surface area contributed by atoms with Crippen LogP contribution in [0.2, 0.25) is 0 Å². The third-order valence-electron chi connectivity index (χ3n) is 5.42. The summed E-state index contributed by atoms with van der Waals surface area (Å²) in [6, 6.07) is 5.84. The molecule has 152 valence electrons. The lowest BCUT2D eigenvalue weighted by molar-refractivity contribution is -0.486. The minimum absolute atomic E-state index is 0.0363. The van der Waals surface area contributed by atoms with Gasteiger partial charge in [0.1, 0.15) is 11.7 Å². The van der Waals surface area contributed by atoms with Gasteiger partial charge in [-0.05, 0) is 36.5 Å². The molecule has 2 aliphatic heterocycles. The zero-order valence-corrected chi connectivity index (χ0v) is 16.5. The Labute approximate surface area is 164 Å². The summed E-state index contributed by atoms with van der Waals surface area (Å²) in [4.78, 5) is 26.6. The van der Waals surface area contributed by atoms with Gasteiger partial charge in [0, 0.05) is 25.6 Å². The fourth-order valence-electron chi connectivity index (χ4n) is 3.47. The Morgan fingerprint density at radius 2 is 2.11 bits per heavy atom. The molecule has 2 saturated heterocycles. The highest BCUT2D eigenvalue weighted by Crippen LogP contribution is 2.23. The van der Waals surface area contributed by atoms with Gasteiger partial charge in [0.25, 0.3) is 5.96 Å². The lowest BCUT2D eigenvalue weighted by atomic mass is 9.98. The van der Waals surface area contributed by atoms with Crippen LogP contribution in [0.1, 0.15) is 23.6 Å². The zero-order valence-electron chi connectivity index (χ0n) is 16.5. The first-order valence-corrected chi connectivity index (χ1v) is 9.41. The van der Waals surface area contributed by atoms with Crippen molar-refractivity contribution in [2.24, 2.45) is 16.9 Å². The Morgan fingerprint density at radius 1 is 1.32 bits per heavy atom. The molecule has 2 unspecified atom stereocenters. The van der Waals surface area contributed by atoms with E-state index < -0.39 is 11.1 Å². The van der Waals surface area contributed by atoms with E-state index in [9.17, 15) is 14.9 Å². The Balaban J connectivity index is 1.66. The molecule has 28 heavy (non-hydrogen) atoms. The molecule has 2 heterocycles. The number of carbonyl (C=O) groups excluding carboxylic acids is 1. The molecule has 2 fully saturated rings. The van der Waals surface area contributed by atoms with Crippen molar-refractivity contribution in [1.82, 2.24) is 9.80 Å². The van der Waals surface area contributed by atoms with Crippen molar-refractivity contribution in [2.75, 3.05) is 32.8 Å². The molecular formula is C19H26N4O5. The maximum Gasteiger partial charge on any atom is 0.417 e. The third-order valence-corrected chi connectivity index (χ3v) is 5.42. The first-order valence-electron chi connectivity index (χ1n) is 9.41. The second kappa shape index (κ2) is 8.55. The van der Waals surface area contributed by atoms with E-state index in [1.807, 2.05) is 32.0 Å². The molecule has 0 bridgehead atoms. The van der Waals surface area contributed by atoms with Crippen LogP contribution in [0.3, 0.4) is 0 Å². The van der Waals surface area contributed by atoms with Gasteiger partial charge in [-0.3, -0.25) is 0 Å². The predicted octanol–water partition coefficient (Wildman–Crippen LogP) is 2.39. The molecule has 0 spiro atoms. The molecule has 0 saturated carbocycles. The Morgan fingerprint density at radius 3 is 2.75 bits per heavy atom. The molecule has 3 rings (SSSR count). The Kier molecular flexibility index (Phi) is 6.13. The maximum atomic E-state index is 12.6. The van der Waals surface area contributed by atoms with E-state index in [1.165, 1.54) is 4.90 Å². The average Bonchev–Trinajstić information content (AvgIpc) is 3.22. The van der Waals surface area contributed by atoms with Crippen molar-refractivity contribution >= 4 is 12.1 Å². The molecule has 1 amide bonds. The van der Waals surface area contributed by atoms with E-state index in [-0.39, 0.29) is 18.5 Å². The van der Waals surface area contributed by atoms with Gasteiger partial charge in [-0.2, -0.15) is 0 Å². The maximum absolute atomic E-state index is 12.6. The molecular weight excluding hydrogens is 364 g/mol. The molecule has 1 aromatic carbocycles. The van der Waals surface area contributed by atoms with Gasteiger partial charge >= 0.3 is 6.09 Å². The second-order valence-corrected chi connectivity index (χ2v) is 7.48. The van der Waals surface area contributed by atoms with Crippen LogP contribution in [0.5, 0.6) is 0 Å². The van der Waals surface area contributed by atoms with Crippen LogP contribution in [0, 0.1) is 35.8 Å². The van der Waals surface area contributed by atoms with Crippen molar-refractivity contribution in [3.8, 4) is 0 Å². The van der Waals surface area contributed by atoms with Crippen LogP contribution in [-0.4, -0.2) is 59.7 Å². The van der Waals surface area contributed by atoms with Crippen molar-refractivity contribution in [1.29, 1.82) is 0 Å². The first-order chi connectivity index (χ1) is 13.3. The summed E-state index contributed by atoms with van der Waals surface area (Å²) in [5.74, 6) is 0.653. The fraction of sp³-hybridized carbons (Fsp3) is 0.579. The summed E-state index contributed by atoms with van der Waals surface area (Å²) in [5.41, 5.74) is 3.15. The van der Waals surface area contributed by atoms with Crippen LogP contribution in [0.25, 0.3) is 0 Å². The smallest absolute Gasteiger partial charge is 0.417 e. The Bertz CT molecular complexity index is 782. The average molecular weight is 390 g/mol. The number of carbonyl (C=O) groups is 1. The number of nitro groups is 1. The van der Waals surface area contributed by atoms with Crippen molar-refractivity contribution in [3.05, 3.63) is 45.0 Å². The second-order valence-electron chi connectivity index (χ2n) is 7.48. The number of hydrogen-bond donors (Lipinski definition) is 0. The lowest BCUT2D eigenvalue weighted by Crippen LogP contribution is -2.41. The summed E-state index contributed by atoms with van der Waals surface area (Å²) >= 11 is 0. The minimum Gasteiger partial charge on any atom is -0.444 e. The van der Waals surface area contributed by atoms with Crippen LogP contribution < -0.4 is 0 Å². The monoisotopic (exact) mass is 390 g/mol. The predicted molar refractivity (Wildman–Crippen MR) is 102 cm³/mol. The number of nitrogens with zero attached hydrogens (tertiary/aromatic N) is 4. The van der Waals surface area contributed by atoms with Crippen molar-refractivity contribution in [3.63, 3.8) is 0 Å². The van der Waals surface area contributed by atoms with Crippen molar-refractivity contribution in [2.45, 2.75) is 27.4 Å².